The van der Waals surface area contributed by atoms with Crippen molar-refractivity contribution in [2.45, 2.75) is 50.5 Å². The largest absolute Gasteiger partial charge is 0.492 e. The molecule has 1 aliphatic carbocycles. The Morgan fingerprint density at radius 1 is 1.23 bits per heavy atom. The summed E-state index contributed by atoms with van der Waals surface area (Å²) in [6.45, 7) is 5.74. The highest BCUT2D eigenvalue weighted by Crippen LogP contribution is 2.34. The molecule has 0 unspecified atom stereocenters. The topological polar surface area (TPSA) is 79.8 Å². The minimum absolute atomic E-state index is 0.295. The highest BCUT2D eigenvalue weighted by Gasteiger charge is 2.27. The Kier molecular flexibility index (Phi) is 6.92. The zero-order chi connectivity index (χ0) is 19.2. The average Bonchev–Trinajstić information content (AvgIpc) is 2.58. The maximum atomic E-state index is 11.4. The van der Waals surface area contributed by atoms with Crippen LogP contribution >= 0.6 is 0 Å². The molecule has 0 heterocycles. The smallest absolute Gasteiger partial charge is 0.191 e. The van der Waals surface area contributed by atoms with Gasteiger partial charge in [-0.25, -0.2) is 8.42 Å². The van der Waals surface area contributed by atoms with E-state index in [2.05, 4.69) is 29.5 Å². The van der Waals surface area contributed by atoms with Gasteiger partial charge in [0.15, 0.2) is 15.8 Å². The Labute approximate surface area is 157 Å². The van der Waals surface area contributed by atoms with Gasteiger partial charge in [0.05, 0.1) is 11.4 Å². The molecule has 1 saturated carbocycles. The van der Waals surface area contributed by atoms with Crippen LogP contribution < -0.4 is 15.4 Å². The van der Waals surface area contributed by atoms with E-state index in [-0.39, 0.29) is 0 Å². The zero-order valence-electron chi connectivity index (χ0n) is 16.2. The van der Waals surface area contributed by atoms with Crippen LogP contribution in [0.25, 0.3) is 0 Å². The van der Waals surface area contributed by atoms with Crippen LogP contribution in [0.3, 0.4) is 0 Å². The van der Waals surface area contributed by atoms with E-state index in [4.69, 9.17) is 4.74 Å². The van der Waals surface area contributed by atoms with Crippen LogP contribution in [-0.2, 0) is 9.84 Å². The summed E-state index contributed by atoms with van der Waals surface area (Å²) < 4.78 is 28.5. The molecule has 0 bridgehead atoms. The van der Waals surface area contributed by atoms with Gasteiger partial charge in [-0.05, 0) is 55.4 Å². The van der Waals surface area contributed by atoms with Crippen LogP contribution in [0.15, 0.2) is 34.2 Å². The predicted molar refractivity (Wildman–Crippen MR) is 106 cm³/mol. The first-order valence-electron chi connectivity index (χ1n) is 9.10. The quantitative estimate of drug-likeness (QED) is 0.450. The maximum Gasteiger partial charge on any atom is 0.191 e. The van der Waals surface area contributed by atoms with Crippen LogP contribution in [-0.4, -0.2) is 46.9 Å². The molecule has 0 atom stereocenters. The van der Waals surface area contributed by atoms with Gasteiger partial charge < -0.3 is 15.4 Å². The number of guanidine groups is 1. The number of rotatable bonds is 6. The second-order valence-corrected chi connectivity index (χ2v) is 9.69. The molecule has 6 nitrogen and oxygen atoms in total. The number of nitrogens with zero attached hydrogens (tertiary/aromatic N) is 1. The number of hydrogen-bond acceptors (Lipinski definition) is 4. The molecule has 0 aromatic heterocycles. The van der Waals surface area contributed by atoms with Crippen molar-refractivity contribution in [3.05, 3.63) is 24.3 Å². The third-order valence-electron chi connectivity index (χ3n) is 4.82. The maximum absolute atomic E-state index is 11.4. The molecule has 0 spiro atoms. The lowest BCUT2D eigenvalue weighted by Crippen LogP contribution is -2.46. The highest BCUT2D eigenvalue weighted by molar-refractivity contribution is 7.90. The number of nitrogens with one attached hydrogen (secondary N) is 2. The molecular weight excluding hydrogens is 350 g/mol. The molecule has 146 valence electrons. The second-order valence-electron chi connectivity index (χ2n) is 7.67. The molecule has 26 heavy (non-hydrogen) atoms. The fourth-order valence-corrected chi connectivity index (χ4v) is 3.68. The number of hydrogen-bond donors (Lipinski definition) is 2. The molecule has 0 aliphatic heterocycles. The number of sulfone groups is 1. The Bertz CT molecular complexity index is 702. The first-order valence-corrected chi connectivity index (χ1v) is 11.0. The molecular formula is C19H31N3O3S. The zero-order valence-corrected chi connectivity index (χ0v) is 17.0. The lowest BCUT2D eigenvalue weighted by atomic mass is 9.75. The van der Waals surface area contributed by atoms with Gasteiger partial charge in [-0.3, -0.25) is 4.99 Å². The van der Waals surface area contributed by atoms with Crippen molar-refractivity contribution in [2.24, 2.45) is 10.4 Å². The summed E-state index contributed by atoms with van der Waals surface area (Å²) in [6.07, 6.45) is 5.98. The predicted octanol–water partition coefficient (Wildman–Crippen LogP) is 2.60. The molecule has 1 aromatic carbocycles. The molecule has 0 amide bonds. The van der Waals surface area contributed by atoms with Gasteiger partial charge in [-0.15, -0.1) is 0 Å². The van der Waals surface area contributed by atoms with Crippen LogP contribution in [0.2, 0.25) is 0 Å². The van der Waals surface area contributed by atoms with Crippen molar-refractivity contribution < 1.29 is 13.2 Å². The van der Waals surface area contributed by atoms with Gasteiger partial charge in [-0.1, -0.05) is 13.8 Å². The van der Waals surface area contributed by atoms with Gasteiger partial charge in [0, 0.05) is 19.3 Å². The normalized spacial score (nSPS) is 18.4. The first-order chi connectivity index (χ1) is 12.2. The van der Waals surface area contributed by atoms with E-state index >= 15 is 0 Å². The van der Waals surface area contributed by atoms with Crippen molar-refractivity contribution in [3.8, 4) is 5.75 Å². The van der Waals surface area contributed by atoms with Crippen molar-refractivity contribution >= 4 is 15.8 Å². The monoisotopic (exact) mass is 381 g/mol. The summed E-state index contributed by atoms with van der Waals surface area (Å²) in [6, 6.07) is 6.94. The van der Waals surface area contributed by atoms with Gasteiger partial charge in [0.25, 0.3) is 0 Å². The van der Waals surface area contributed by atoms with Crippen molar-refractivity contribution in [3.63, 3.8) is 0 Å². The van der Waals surface area contributed by atoms with E-state index in [1.807, 2.05) is 0 Å². The van der Waals surface area contributed by atoms with E-state index in [9.17, 15) is 8.42 Å². The lowest BCUT2D eigenvalue weighted by Gasteiger charge is -2.35. The number of benzene rings is 1. The third-order valence-corrected chi connectivity index (χ3v) is 5.95. The second kappa shape index (κ2) is 8.75. The fourth-order valence-electron chi connectivity index (χ4n) is 3.05. The van der Waals surface area contributed by atoms with E-state index in [1.54, 1.807) is 31.3 Å². The van der Waals surface area contributed by atoms with Crippen LogP contribution in [0, 0.1) is 5.41 Å². The number of aliphatic imine (C=N–C) groups is 1. The van der Waals surface area contributed by atoms with Crippen molar-refractivity contribution in [1.82, 2.24) is 10.6 Å². The van der Waals surface area contributed by atoms with Gasteiger partial charge in [0.1, 0.15) is 12.4 Å². The van der Waals surface area contributed by atoms with E-state index < -0.39 is 9.84 Å². The Morgan fingerprint density at radius 3 is 2.38 bits per heavy atom. The molecule has 7 heteroatoms. The van der Waals surface area contributed by atoms with Crippen LogP contribution in [0.5, 0.6) is 5.75 Å². The van der Waals surface area contributed by atoms with Gasteiger partial charge >= 0.3 is 0 Å². The number of ether oxygens (including phenoxy) is 1. The van der Waals surface area contributed by atoms with Crippen molar-refractivity contribution in [1.29, 1.82) is 0 Å². The van der Waals surface area contributed by atoms with E-state index in [0.717, 1.165) is 18.8 Å². The summed E-state index contributed by atoms with van der Waals surface area (Å²) >= 11 is 0. The lowest BCUT2D eigenvalue weighted by molar-refractivity contribution is 0.216. The first kappa shape index (κ1) is 20.6. The van der Waals surface area contributed by atoms with Gasteiger partial charge in [-0.2, -0.15) is 0 Å². The molecule has 0 radical (unpaired) electrons. The van der Waals surface area contributed by atoms with Gasteiger partial charge in [0.2, 0.25) is 0 Å². The molecule has 1 fully saturated rings. The third kappa shape index (κ3) is 6.52. The Morgan fingerprint density at radius 2 is 1.85 bits per heavy atom. The van der Waals surface area contributed by atoms with Crippen LogP contribution in [0.4, 0.5) is 0 Å². The fraction of sp³-hybridized carbons (Fsp3) is 0.632. The summed E-state index contributed by atoms with van der Waals surface area (Å²) in [5.74, 6) is 1.45. The van der Waals surface area contributed by atoms with Crippen molar-refractivity contribution in [2.75, 3.05) is 26.5 Å². The van der Waals surface area contributed by atoms with E-state index in [1.165, 1.54) is 19.1 Å². The molecule has 1 aliphatic rings. The average molecular weight is 382 g/mol. The molecule has 1 aromatic rings. The SMILES string of the molecule is CN=C(NCCOc1ccc(S(C)(=O)=O)cc1)NC1CCC(C)(C)CC1. The molecule has 0 saturated heterocycles. The summed E-state index contributed by atoms with van der Waals surface area (Å²) in [5, 5.41) is 6.74. The summed E-state index contributed by atoms with van der Waals surface area (Å²) in [5.41, 5.74) is 0.454. The minimum Gasteiger partial charge on any atom is -0.492 e. The molecule has 2 N–H and O–H groups in total. The molecule has 2 rings (SSSR count). The Hall–Kier alpha value is -1.76. The minimum atomic E-state index is -3.17. The standard InChI is InChI=1S/C19H31N3O3S/c1-19(2)11-9-15(10-12-19)22-18(20-3)21-13-14-25-16-5-7-17(8-6-16)26(4,23)24/h5-8,15H,9-14H2,1-4H3,(H2,20,21,22). The van der Waals surface area contributed by atoms with E-state index in [0.29, 0.717) is 35.3 Å². The van der Waals surface area contributed by atoms with Crippen LogP contribution in [0.1, 0.15) is 39.5 Å². The Balaban J connectivity index is 1.71. The summed E-state index contributed by atoms with van der Waals surface area (Å²) in [4.78, 5) is 4.57. The summed E-state index contributed by atoms with van der Waals surface area (Å²) in [7, 11) is -1.40. The highest BCUT2D eigenvalue weighted by atomic mass is 32.2.